The summed E-state index contributed by atoms with van der Waals surface area (Å²) >= 11 is 3.46. The number of hydrogen-bond acceptors (Lipinski definition) is 2. The third-order valence-electron chi connectivity index (χ3n) is 3.48. The van der Waals surface area contributed by atoms with E-state index in [0.29, 0.717) is 16.6 Å². The molecule has 0 unspecified atom stereocenters. The van der Waals surface area contributed by atoms with Crippen molar-refractivity contribution in [1.29, 1.82) is 10.5 Å². The number of alkyl halides is 1. The van der Waals surface area contributed by atoms with Crippen molar-refractivity contribution in [2.45, 2.75) is 5.33 Å². The number of nitrogens with zero attached hydrogens (tertiary/aromatic N) is 3. The second-order valence-corrected chi connectivity index (χ2v) is 5.11. The van der Waals surface area contributed by atoms with Gasteiger partial charge in [-0.2, -0.15) is 10.5 Å². The molecule has 0 atom stereocenters. The predicted molar refractivity (Wildman–Crippen MR) is 85.3 cm³/mol. The van der Waals surface area contributed by atoms with Gasteiger partial charge in [0, 0.05) is 16.3 Å². The molecule has 0 fully saturated rings. The van der Waals surface area contributed by atoms with Crippen LogP contribution >= 0.6 is 15.9 Å². The molecule has 4 heteroatoms. The summed E-state index contributed by atoms with van der Waals surface area (Å²) in [5.74, 6) is 0. The Morgan fingerprint density at radius 1 is 0.952 bits per heavy atom. The number of hydrogen-bond donors (Lipinski definition) is 0. The molecule has 0 aliphatic rings. The lowest BCUT2D eigenvalue weighted by atomic mass is 10.1. The quantitative estimate of drug-likeness (QED) is 0.656. The van der Waals surface area contributed by atoms with Gasteiger partial charge in [-0.1, -0.05) is 46.3 Å². The van der Waals surface area contributed by atoms with E-state index >= 15 is 0 Å². The molecule has 1 aromatic heterocycles. The van der Waals surface area contributed by atoms with Crippen molar-refractivity contribution in [2.24, 2.45) is 0 Å². The Bertz CT molecular complexity index is 910. The van der Waals surface area contributed by atoms with Gasteiger partial charge in [0.2, 0.25) is 0 Å². The zero-order valence-corrected chi connectivity index (χ0v) is 12.6. The molecule has 0 bridgehead atoms. The number of halogens is 1. The maximum atomic E-state index is 9.58. The van der Waals surface area contributed by atoms with Gasteiger partial charge in [0.05, 0.1) is 16.8 Å². The van der Waals surface area contributed by atoms with Crippen LogP contribution in [0.5, 0.6) is 0 Å². The van der Waals surface area contributed by atoms with Gasteiger partial charge in [-0.3, -0.25) is 4.57 Å². The van der Waals surface area contributed by atoms with Crippen molar-refractivity contribution >= 4 is 26.8 Å². The lowest BCUT2D eigenvalue weighted by Gasteiger charge is -2.09. The van der Waals surface area contributed by atoms with Crippen molar-refractivity contribution in [3.8, 4) is 17.8 Å². The van der Waals surface area contributed by atoms with Crippen molar-refractivity contribution < 1.29 is 0 Å². The van der Waals surface area contributed by atoms with Gasteiger partial charge in [-0.25, -0.2) is 0 Å². The maximum Gasteiger partial charge on any atom is 0.130 e. The normalized spacial score (nSPS) is 10.2. The molecule has 100 valence electrons. The van der Waals surface area contributed by atoms with Crippen LogP contribution in [0.25, 0.3) is 16.6 Å². The Balaban J connectivity index is 2.49. The van der Waals surface area contributed by atoms with Crippen LogP contribution in [0.4, 0.5) is 0 Å². The molecule has 3 rings (SSSR count). The Morgan fingerprint density at radius 3 is 2.38 bits per heavy atom. The van der Waals surface area contributed by atoms with Crippen LogP contribution in [-0.2, 0) is 5.33 Å². The van der Waals surface area contributed by atoms with Crippen LogP contribution in [0.3, 0.4) is 0 Å². The van der Waals surface area contributed by atoms with E-state index in [9.17, 15) is 10.5 Å². The summed E-state index contributed by atoms with van der Waals surface area (Å²) in [4.78, 5) is 0. The van der Waals surface area contributed by atoms with Gasteiger partial charge < -0.3 is 0 Å². The number of nitriles is 2. The summed E-state index contributed by atoms with van der Waals surface area (Å²) < 4.78 is 1.87. The molecular weight excluding hydrogens is 326 g/mol. The SMILES string of the molecule is N#Cc1ccccc1-n1c(C#N)c(CBr)c2ccccc21. The largest absolute Gasteiger partial charge is 0.299 e. The average Bonchev–Trinajstić information content (AvgIpc) is 2.88. The minimum absolute atomic E-state index is 0.552. The molecule has 0 N–H and O–H groups in total. The Kier molecular flexibility index (Phi) is 3.48. The molecule has 0 saturated heterocycles. The molecule has 3 aromatic rings. The highest BCUT2D eigenvalue weighted by Gasteiger charge is 2.18. The van der Waals surface area contributed by atoms with Crippen LogP contribution in [0, 0.1) is 22.7 Å². The van der Waals surface area contributed by atoms with Crippen LogP contribution in [0.1, 0.15) is 16.8 Å². The first-order chi connectivity index (χ1) is 10.3. The van der Waals surface area contributed by atoms with Gasteiger partial charge in [-0.15, -0.1) is 0 Å². The molecule has 0 aliphatic carbocycles. The molecule has 3 nitrogen and oxygen atoms in total. The van der Waals surface area contributed by atoms with E-state index in [-0.39, 0.29) is 0 Å². The Hall–Kier alpha value is -2.56. The zero-order chi connectivity index (χ0) is 14.8. The smallest absolute Gasteiger partial charge is 0.130 e. The first-order valence-electron chi connectivity index (χ1n) is 6.39. The monoisotopic (exact) mass is 335 g/mol. The van der Waals surface area contributed by atoms with E-state index in [1.54, 1.807) is 6.07 Å². The number of rotatable bonds is 2. The Labute approximate surface area is 130 Å². The molecule has 2 aromatic carbocycles. The fraction of sp³-hybridized carbons (Fsp3) is 0.0588. The fourth-order valence-corrected chi connectivity index (χ4v) is 3.14. The van der Waals surface area contributed by atoms with E-state index in [4.69, 9.17) is 0 Å². The van der Waals surface area contributed by atoms with Crippen LogP contribution in [-0.4, -0.2) is 4.57 Å². The minimum atomic E-state index is 0.552. The number of para-hydroxylation sites is 2. The standard InChI is InChI=1S/C17H10BrN3/c18-9-14-13-6-2-4-8-16(13)21(17(14)11-20)15-7-3-1-5-12(15)10-19/h1-8H,9H2. The van der Waals surface area contributed by atoms with Crippen molar-refractivity contribution in [1.82, 2.24) is 4.57 Å². The van der Waals surface area contributed by atoms with Crippen LogP contribution < -0.4 is 0 Å². The van der Waals surface area contributed by atoms with Gasteiger partial charge >= 0.3 is 0 Å². The first kappa shape index (κ1) is 13.4. The first-order valence-corrected chi connectivity index (χ1v) is 7.52. The number of benzene rings is 2. The molecule has 1 heterocycles. The highest BCUT2D eigenvalue weighted by atomic mass is 79.9. The average molecular weight is 336 g/mol. The summed E-state index contributed by atoms with van der Waals surface area (Å²) in [5.41, 5.74) is 3.73. The molecule has 0 radical (unpaired) electrons. The van der Waals surface area contributed by atoms with E-state index in [0.717, 1.165) is 22.2 Å². The lowest BCUT2D eigenvalue weighted by Crippen LogP contribution is -2.00. The molecule has 0 amide bonds. The van der Waals surface area contributed by atoms with Gasteiger partial charge in [0.25, 0.3) is 0 Å². The van der Waals surface area contributed by atoms with Crippen LogP contribution in [0.15, 0.2) is 48.5 Å². The topological polar surface area (TPSA) is 52.5 Å². The summed E-state index contributed by atoms with van der Waals surface area (Å²) in [6, 6.07) is 19.7. The molecule has 21 heavy (non-hydrogen) atoms. The zero-order valence-electron chi connectivity index (χ0n) is 11.0. The molecule has 0 saturated carbocycles. The molecular formula is C17H10BrN3. The fourth-order valence-electron chi connectivity index (χ4n) is 2.57. The van der Waals surface area contributed by atoms with Crippen molar-refractivity contribution in [2.75, 3.05) is 0 Å². The molecule has 0 spiro atoms. The summed E-state index contributed by atoms with van der Waals surface area (Å²) in [6.45, 7) is 0. The third kappa shape index (κ3) is 2.01. The molecule has 0 aliphatic heterocycles. The highest BCUT2D eigenvalue weighted by Crippen LogP contribution is 2.31. The highest BCUT2D eigenvalue weighted by molar-refractivity contribution is 9.08. The second-order valence-electron chi connectivity index (χ2n) is 4.55. The van der Waals surface area contributed by atoms with Crippen molar-refractivity contribution in [3.05, 3.63) is 65.4 Å². The van der Waals surface area contributed by atoms with Crippen LogP contribution in [0.2, 0.25) is 0 Å². The van der Waals surface area contributed by atoms with E-state index < -0.39 is 0 Å². The minimum Gasteiger partial charge on any atom is -0.299 e. The van der Waals surface area contributed by atoms with Gasteiger partial charge in [0.15, 0.2) is 0 Å². The maximum absolute atomic E-state index is 9.58. The van der Waals surface area contributed by atoms with Gasteiger partial charge in [-0.05, 0) is 18.2 Å². The van der Waals surface area contributed by atoms with Gasteiger partial charge in [0.1, 0.15) is 17.8 Å². The lowest BCUT2D eigenvalue weighted by molar-refractivity contribution is 1.07. The summed E-state index contributed by atoms with van der Waals surface area (Å²) in [7, 11) is 0. The van der Waals surface area contributed by atoms with Crippen molar-refractivity contribution in [3.63, 3.8) is 0 Å². The van der Waals surface area contributed by atoms with E-state index in [2.05, 4.69) is 28.1 Å². The summed E-state index contributed by atoms with van der Waals surface area (Å²) in [5, 5.41) is 20.5. The second kappa shape index (κ2) is 5.44. The number of fused-ring (bicyclic) bond motifs is 1. The van der Waals surface area contributed by atoms with E-state index in [1.807, 2.05) is 47.0 Å². The predicted octanol–water partition coefficient (Wildman–Crippen LogP) is 4.27. The van der Waals surface area contributed by atoms with E-state index in [1.165, 1.54) is 0 Å². The Morgan fingerprint density at radius 2 is 1.67 bits per heavy atom. The summed E-state index contributed by atoms with van der Waals surface area (Å²) in [6.07, 6.45) is 0. The third-order valence-corrected chi connectivity index (χ3v) is 4.05. The number of aromatic nitrogens is 1.